The average Bonchev–Trinajstić information content (AvgIpc) is 2.65. The van der Waals surface area contributed by atoms with E-state index < -0.39 is 17.3 Å². The molecule has 2 aromatic carbocycles. The second-order valence-electron chi connectivity index (χ2n) is 7.93. The second kappa shape index (κ2) is 8.13. The highest BCUT2D eigenvalue weighted by molar-refractivity contribution is 6.31. The Morgan fingerprint density at radius 3 is 2.34 bits per heavy atom. The Morgan fingerprint density at radius 1 is 1.10 bits per heavy atom. The minimum Gasteiger partial charge on any atom is -0.379 e. The van der Waals surface area contributed by atoms with Crippen molar-refractivity contribution in [3.63, 3.8) is 0 Å². The molecule has 2 nitrogen and oxygen atoms in total. The molecular weight excluding hydrogens is 399 g/mol. The van der Waals surface area contributed by atoms with Gasteiger partial charge >= 0.3 is 6.18 Å². The third kappa shape index (κ3) is 4.23. The van der Waals surface area contributed by atoms with Gasteiger partial charge in [0.25, 0.3) is 0 Å². The fourth-order valence-corrected chi connectivity index (χ4v) is 4.52. The minimum atomic E-state index is -4.60. The summed E-state index contributed by atoms with van der Waals surface area (Å²) in [6, 6.07) is 12.9. The van der Waals surface area contributed by atoms with Crippen LogP contribution in [0.3, 0.4) is 0 Å². The summed E-state index contributed by atoms with van der Waals surface area (Å²) in [6.07, 6.45) is -1.19. The first-order valence-electron chi connectivity index (χ1n) is 9.58. The number of aliphatic hydroxyl groups is 1. The molecular formula is C23H25ClF3NO. The number of hydrogen-bond donors (Lipinski definition) is 1. The van der Waals surface area contributed by atoms with Gasteiger partial charge in [-0.1, -0.05) is 61.0 Å². The number of rotatable bonds is 3. The maximum absolute atomic E-state index is 13.5. The van der Waals surface area contributed by atoms with Crippen LogP contribution in [0.5, 0.6) is 0 Å². The predicted molar refractivity (Wildman–Crippen MR) is 111 cm³/mol. The van der Waals surface area contributed by atoms with Crippen molar-refractivity contribution in [2.45, 2.75) is 37.6 Å². The number of nitrogens with zero attached hydrogens (tertiary/aromatic N) is 1. The van der Waals surface area contributed by atoms with E-state index in [1.807, 2.05) is 62.3 Å². The monoisotopic (exact) mass is 423 g/mol. The Morgan fingerprint density at radius 2 is 1.76 bits per heavy atom. The highest BCUT2D eigenvalue weighted by Gasteiger charge is 2.48. The molecule has 0 aromatic heterocycles. The Bertz CT molecular complexity index is 895. The zero-order valence-corrected chi connectivity index (χ0v) is 17.4. The highest BCUT2D eigenvalue weighted by Crippen LogP contribution is 2.48. The molecule has 1 fully saturated rings. The van der Waals surface area contributed by atoms with E-state index in [4.69, 9.17) is 11.6 Å². The summed E-state index contributed by atoms with van der Waals surface area (Å²) in [4.78, 5) is 1.88. The predicted octanol–water partition coefficient (Wildman–Crippen LogP) is 5.99. The zero-order chi connectivity index (χ0) is 21.4. The maximum Gasteiger partial charge on any atom is 0.417 e. The van der Waals surface area contributed by atoms with Crippen molar-refractivity contribution in [3.8, 4) is 0 Å². The smallest absolute Gasteiger partial charge is 0.379 e. The third-order valence-electron chi connectivity index (χ3n) is 5.78. The van der Waals surface area contributed by atoms with Gasteiger partial charge in [0.2, 0.25) is 0 Å². The van der Waals surface area contributed by atoms with Gasteiger partial charge in [-0.2, -0.15) is 13.2 Å². The lowest BCUT2D eigenvalue weighted by Crippen LogP contribution is -2.53. The first-order valence-corrected chi connectivity index (χ1v) is 9.96. The van der Waals surface area contributed by atoms with Gasteiger partial charge in [0.05, 0.1) is 10.6 Å². The number of alkyl halides is 3. The van der Waals surface area contributed by atoms with E-state index in [1.165, 1.54) is 12.1 Å². The molecule has 29 heavy (non-hydrogen) atoms. The summed E-state index contributed by atoms with van der Waals surface area (Å²) in [6.45, 7) is 2.01. The van der Waals surface area contributed by atoms with Gasteiger partial charge in [0.15, 0.2) is 0 Å². The summed E-state index contributed by atoms with van der Waals surface area (Å²) in [7, 11) is 3.68. The van der Waals surface area contributed by atoms with Crippen LogP contribution in [-0.2, 0) is 11.8 Å². The van der Waals surface area contributed by atoms with Crippen molar-refractivity contribution in [2.24, 2.45) is 5.92 Å². The first kappa shape index (κ1) is 21.9. The van der Waals surface area contributed by atoms with Gasteiger partial charge in [0.1, 0.15) is 5.60 Å². The quantitative estimate of drug-likeness (QED) is 0.655. The second-order valence-corrected chi connectivity index (χ2v) is 8.33. The Balaban J connectivity index is 2.24. The van der Waals surface area contributed by atoms with Crippen LogP contribution in [0.25, 0.3) is 6.08 Å². The summed E-state index contributed by atoms with van der Waals surface area (Å²) < 4.78 is 40.5. The van der Waals surface area contributed by atoms with E-state index in [2.05, 4.69) is 0 Å². The number of hydrogen-bond acceptors (Lipinski definition) is 2. The maximum atomic E-state index is 13.5. The molecule has 1 aliphatic carbocycles. The lowest BCUT2D eigenvalue weighted by Gasteiger charge is -2.48. The average molecular weight is 424 g/mol. The summed E-state index contributed by atoms with van der Waals surface area (Å²) in [5.74, 6) is 0.0152. The van der Waals surface area contributed by atoms with Crippen LogP contribution in [-0.4, -0.2) is 30.1 Å². The third-order valence-corrected chi connectivity index (χ3v) is 6.11. The lowest BCUT2D eigenvalue weighted by molar-refractivity contribution is -0.137. The molecule has 6 heteroatoms. The summed E-state index contributed by atoms with van der Waals surface area (Å²) >= 11 is 5.83. The Kier molecular flexibility index (Phi) is 6.13. The summed E-state index contributed by atoms with van der Waals surface area (Å²) in [5.41, 5.74) is -0.676. The van der Waals surface area contributed by atoms with Crippen LogP contribution >= 0.6 is 11.6 Å². The Hall–Kier alpha value is -1.82. The fraction of sp³-hybridized carbons (Fsp3) is 0.391. The molecule has 0 heterocycles. The lowest BCUT2D eigenvalue weighted by atomic mass is 9.67. The molecule has 2 aromatic rings. The van der Waals surface area contributed by atoms with Gasteiger partial charge < -0.3 is 10.0 Å². The normalized spacial score (nSPS) is 26.9. The van der Waals surface area contributed by atoms with Crippen molar-refractivity contribution in [1.82, 2.24) is 4.90 Å². The molecule has 0 radical (unpaired) electrons. The van der Waals surface area contributed by atoms with Gasteiger partial charge in [0, 0.05) is 6.04 Å². The van der Waals surface area contributed by atoms with Gasteiger partial charge in [-0.15, -0.1) is 0 Å². The van der Waals surface area contributed by atoms with Crippen molar-refractivity contribution in [3.05, 3.63) is 75.8 Å². The van der Waals surface area contributed by atoms with Crippen LogP contribution in [0.2, 0.25) is 5.02 Å². The van der Waals surface area contributed by atoms with E-state index in [-0.39, 0.29) is 22.5 Å². The van der Waals surface area contributed by atoms with E-state index >= 15 is 0 Å². The number of likely N-dealkylation sites (N-methyl/N-ethyl adjacent to an activating group) is 1. The van der Waals surface area contributed by atoms with Gasteiger partial charge in [-0.05, 0) is 61.7 Å². The van der Waals surface area contributed by atoms with Crippen LogP contribution < -0.4 is 0 Å². The molecule has 156 valence electrons. The largest absolute Gasteiger partial charge is 0.417 e. The van der Waals surface area contributed by atoms with Gasteiger partial charge in [-0.25, -0.2) is 0 Å². The standard InChI is InChI=1S/C23H25ClF3NO/c1-15-9-12-21(28(2)3)22(29,18(15)13-16-7-5-4-6-8-16)17-10-11-20(24)19(14-17)23(25,26)27/h4-8,10-11,13-15,21,29H,9,12H2,1-3H3. The molecule has 1 aliphatic rings. The molecule has 1 N–H and O–H groups in total. The van der Waals surface area contributed by atoms with Crippen molar-refractivity contribution < 1.29 is 18.3 Å². The van der Waals surface area contributed by atoms with Crippen LogP contribution in [0, 0.1) is 5.92 Å². The number of benzene rings is 2. The van der Waals surface area contributed by atoms with Crippen molar-refractivity contribution >= 4 is 17.7 Å². The molecule has 0 saturated heterocycles. The molecule has 3 rings (SSSR count). The minimum absolute atomic E-state index is 0.0152. The molecule has 0 spiro atoms. The SMILES string of the molecule is CC1CCC(N(C)C)C(O)(c2ccc(Cl)c(C(F)(F)F)c2)C1=Cc1ccccc1. The van der Waals surface area contributed by atoms with Crippen LogP contribution in [0.4, 0.5) is 13.2 Å². The van der Waals surface area contributed by atoms with Crippen LogP contribution in [0.15, 0.2) is 54.1 Å². The van der Waals surface area contributed by atoms with E-state index in [1.54, 1.807) is 0 Å². The highest BCUT2D eigenvalue weighted by atomic mass is 35.5. The molecule has 3 unspecified atom stereocenters. The summed E-state index contributed by atoms with van der Waals surface area (Å²) in [5, 5.41) is 11.7. The molecule has 0 aliphatic heterocycles. The molecule has 1 saturated carbocycles. The molecule has 0 amide bonds. The van der Waals surface area contributed by atoms with Crippen LogP contribution in [0.1, 0.15) is 36.5 Å². The van der Waals surface area contributed by atoms with Crippen molar-refractivity contribution in [1.29, 1.82) is 0 Å². The first-order chi connectivity index (χ1) is 13.5. The van der Waals surface area contributed by atoms with Gasteiger partial charge in [-0.3, -0.25) is 0 Å². The molecule has 3 atom stereocenters. The molecule has 0 bridgehead atoms. The van der Waals surface area contributed by atoms with Crippen molar-refractivity contribution in [2.75, 3.05) is 14.1 Å². The topological polar surface area (TPSA) is 23.5 Å². The fourth-order valence-electron chi connectivity index (χ4n) is 4.29. The zero-order valence-electron chi connectivity index (χ0n) is 16.7. The van der Waals surface area contributed by atoms with E-state index in [9.17, 15) is 18.3 Å². The number of halogens is 4. The van der Waals surface area contributed by atoms with E-state index in [0.717, 1.165) is 18.1 Å². The van der Waals surface area contributed by atoms with E-state index in [0.29, 0.717) is 12.0 Å². The Labute approximate surface area is 174 Å².